The fourth-order valence-electron chi connectivity index (χ4n) is 7.35. The van der Waals surface area contributed by atoms with E-state index in [1.807, 2.05) is 19.1 Å². The van der Waals surface area contributed by atoms with Gasteiger partial charge < -0.3 is 14.6 Å². The predicted octanol–water partition coefficient (Wildman–Crippen LogP) is 5.27. The van der Waals surface area contributed by atoms with E-state index in [0.717, 1.165) is 55.6 Å². The molecule has 5 rings (SSSR count). The third-order valence-electron chi connectivity index (χ3n) is 9.04. The van der Waals surface area contributed by atoms with E-state index in [-0.39, 0.29) is 23.0 Å². The third-order valence-corrected chi connectivity index (χ3v) is 9.04. The van der Waals surface area contributed by atoms with Crippen LogP contribution in [0.2, 0.25) is 0 Å². The van der Waals surface area contributed by atoms with E-state index in [2.05, 4.69) is 26.0 Å². The Labute approximate surface area is 168 Å². The van der Waals surface area contributed by atoms with Gasteiger partial charge >= 0.3 is 0 Å². The van der Waals surface area contributed by atoms with Gasteiger partial charge in [-0.3, -0.25) is 0 Å². The summed E-state index contributed by atoms with van der Waals surface area (Å²) < 4.78 is 5.76. The number of fused-ring (bicyclic) bond motifs is 5. The van der Waals surface area contributed by atoms with Crippen LogP contribution in [0.1, 0.15) is 70.3 Å². The molecule has 3 nitrogen and oxygen atoms in total. The van der Waals surface area contributed by atoms with Gasteiger partial charge in [0.2, 0.25) is 0 Å². The lowest BCUT2D eigenvalue weighted by Crippen LogP contribution is -2.51. The molecule has 0 aromatic carbocycles. The number of furan rings is 1. The highest BCUT2D eigenvalue weighted by Crippen LogP contribution is 2.65. The molecule has 0 unspecified atom stereocenters. The van der Waals surface area contributed by atoms with Crippen molar-refractivity contribution in [3.05, 3.63) is 40.9 Å². The predicted molar refractivity (Wildman–Crippen MR) is 111 cm³/mol. The van der Waals surface area contributed by atoms with Crippen LogP contribution in [0.5, 0.6) is 0 Å². The molecule has 3 heteroatoms. The molecule has 28 heavy (non-hydrogen) atoms. The zero-order valence-corrected chi connectivity index (χ0v) is 17.4. The fourth-order valence-corrected chi connectivity index (χ4v) is 7.35. The van der Waals surface area contributed by atoms with Crippen molar-refractivity contribution in [2.45, 2.75) is 77.9 Å². The molecular weight excluding hydrogens is 348 g/mol. The number of rotatable bonds is 1. The molecule has 3 saturated carbocycles. The van der Waals surface area contributed by atoms with E-state index in [1.54, 1.807) is 0 Å². The molecular formula is C25H34O3. The maximum Gasteiger partial charge on any atom is 0.127 e. The average molecular weight is 383 g/mol. The van der Waals surface area contributed by atoms with Crippen LogP contribution in [-0.4, -0.2) is 22.4 Å². The molecule has 1 aromatic heterocycles. The molecule has 4 aliphatic carbocycles. The van der Waals surface area contributed by atoms with Crippen LogP contribution >= 0.6 is 0 Å². The smallest absolute Gasteiger partial charge is 0.127 e. The van der Waals surface area contributed by atoms with Crippen molar-refractivity contribution in [2.24, 2.45) is 28.6 Å². The Balaban J connectivity index is 1.47. The second-order valence-corrected chi connectivity index (χ2v) is 10.5. The first kappa shape index (κ1) is 18.7. The van der Waals surface area contributed by atoms with E-state index >= 15 is 0 Å². The fraction of sp³-hybridized carbons (Fsp3) is 0.680. The highest BCUT2D eigenvalue weighted by atomic mass is 16.3. The SMILES string of the molecule is Cc1ccc(/C=C2/C[C@H]3[C@@H]4CC=C5C[C@H](O)CC[C@@]5(C)[C@@H]4CC[C@@]3(C)[C@@H]2O)o1. The first-order valence-corrected chi connectivity index (χ1v) is 11.1. The zero-order chi connectivity index (χ0) is 19.7. The highest BCUT2D eigenvalue weighted by Gasteiger charge is 2.59. The van der Waals surface area contributed by atoms with Crippen molar-refractivity contribution >= 4 is 6.08 Å². The molecule has 0 aliphatic heterocycles. The summed E-state index contributed by atoms with van der Waals surface area (Å²) in [5.41, 5.74) is 2.89. The number of allylic oxidation sites excluding steroid dienone is 1. The van der Waals surface area contributed by atoms with Crippen LogP contribution in [0.15, 0.2) is 33.8 Å². The standard InChI is InChI=1S/C25H34O3/c1-15-4-6-19(28-15)12-16-13-22-20-7-5-17-14-18(26)8-10-24(17,2)21(20)9-11-25(22,3)23(16)27/h4-6,12,18,20-23,26-27H,7-11,13-14H2,1-3H3/b16-12-/t18-,20-,21-,22+,23-,24-,25-/m1/s1. The molecule has 0 amide bonds. The van der Waals surface area contributed by atoms with Gasteiger partial charge in [-0.15, -0.1) is 0 Å². The monoisotopic (exact) mass is 382 g/mol. The van der Waals surface area contributed by atoms with Gasteiger partial charge in [0.15, 0.2) is 0 Å². The highest BCUT2D eigenvalue weighted by molar-refractivity contribution is 5.51. The van der Waals surface area contributed by atoms with Crippen molar-refractivity contribution in [3.63, 3.8) is 0 Å². The normalized spacial score (nSPS) is 46.7. The molecule has 0 radical (unpaired) electrons. The van der Waals surface area contributed by atoms with Crippen molar-refractivity contribution in [3.8, 4) is 0 Å². The lowest BCUT2D eigenvalue weighted by atomic mass is 9.48. The lowest BCUT2D eigenvalue weighted by molar-refractivity contribution is -0.0685. The minimum absolute atomic E-state index is 0.0233. The Bertz CT molecular complexity index is 833. The van der Waals surface area contributed by atoms with Crippen molar-refractivity contribution in [2.75, 3.05) is 0 Å². The van der Waals surface area contributed by atoms with Gasteiger partial charge in [0.05, 0.1) is 12.2 Å². The maximum absolute atomic E-state index is 11.3. The minimum atomic E-state index is -0.366. The Morgan fingerprint density at radius 2 is 1.89 bits per heavy atom. The van der Waals surface area contributed by atoms with E-state index in [1.165, 1.54) is 12.0 Å². The summed E-state index contributed by atoms with van der Waals surface area (Å²) in [6.07, 6.45) is 11.4. The van der Waals surface area contributed by atoms with Crippen LogP contribution in [0.25, 0.3) is 6.08 Å². The number of aliphatic hydroxyl groups is 2. The molecule has 1 aromatic rings. The van der Waals surface area contributed by atoms with Crippen LogP contribution < -0.4 is 0 Å². The first-order chi connectivity index (χ1) is 13.3. The summed E-state index contributed by atoms with van der Waals surface area (Å²) in [5.74, 6) is 3.65. The van der Waals surface area contributed by atoms with Crippen molar-refractivity contribution in [1.82, 2.24) is 0 Å². The number of aryl methyl sites for hydroxylation is 1. The van der Waals surface area contributed by atoms with Gasteiger partial charge in [0, 0.05) is 5.41 Å². The van der Waals surface area contributed by atoms with Crippen LogP contribution in [0.3, 0.4) is 0 Å². The van der Waals surface area contributed by atoms with E-state index in [9.17, 15) is 10.2 Å². The number of hydrogen-bond acceptors (Lipinski definition) is 3. The van der Waals surface area contributed by atoms with Gasteiger partial charge in [-0.1, -0.05) is 25.5 Å². The minimum Gasteiger partial charge on any atom is -0.462 e. The second-order valence-electron chi connectivity index (χ2n) is 10.5. The van der Waals surface area contributed by atoms with Gasteiger partial charge in [-0.05, 0) is 98.8 Å². The molecule has 3 fully saturated rings. The third kappa shape index (κ3) is 2.62. The molecule has 1 heterocycles. The summed E-state index contributed by atoms with van der Waals surface area (Å²) in [6.45, 7) is 6.74. The quantitative estimate of drug-likeness (QED) is 0.651. The summed E-state index contributed by atoms with van der Waals surface area (Å²) in [5, 5.41) is 21.4. The van der Waals surface area contributed by atoms with E-state index in [0.29, 0.717) is 17.8 Å². The van der Waals surface area contributed by atoms with Crippen LogP contribution in [-0.2, 0) is 0 Å². The second kappa shape index (κ2) is 6.34. The van der Waals surface area contributed by atoms with Gasteiger partial charge in [0.25, 0.3) is 0 Å². The van der Waals surface area contributed by atoms with Crippen molar-refractivity contribution < 1.29 is 14.6 Å². The Morgan fingerprint density at radius 1 is 1.07 bits per heavy atom. The lowest BCUT2D eigenvalue weighted by Gasteiger charge is -2.57. The topological polar surface area (TPSA) is 53.6 Å². The molecule has 0 saturated heterocycles. The molecule has 152 valence electrons. The van der Waals surface area contributed by atoms with Gasteiger partial charge in [-0.2, -0.15) is 0 Å². The van der Waals surface area contributed by atoms with Gasteiger partial charge in [-0.25, -0.2) is 0 Å². The number of aliphatic hydroxyl groups excluding tert-OH is 2. The van der Waals surface area contributed by atoms with Crippen LogP contribution in [0.4, 0.5) is 0 Å². The van der Waals surface area contributed by atoms with E-state index < -0.39 is 0 Å². The summed E-state index contributed by atoms with van der Waals surface area (Å²) in [7, 11) is 0. The Morgan fingerprint density at radius 3 is 2.64 bits per heavy atom. The summed E-state index contributed by atoms with van der Waals surface area (Å²) >= 11 is 0. The first-order valence-electron chi connectivity index (χ1n) is 11.1. The zero-order valence-electron chi connectivity index (χ0n) is 17.4. The molecule has 4 aliphatic rings. The molecule has 0 bridgehead atoms. The Kier molecular flexibility index (Phi) is 4.23. The van der Waals surface area contributed by atoms with Crippen LogP contribution in [0, 0.1) is 35.5 Å². The number of hydrogen-bond donors (Lipinski definition) is 2. The molecule has 2 N–H and O–H groups in total. The van der Waals surface area contributed by atoms with Gasteiger partial charge in [0.1, 0.15) is 11.5 Å². The van der Waals surface area contributed by atoms with E-state index in [4.69, 9.17) is 4.42 Å². The van der Waals surface area contributed by atoms with Crippen molar-refractivity contribution in [1.29, 1.82) is 0 Å². The Hall–Kier alpha value is -1.32. The summed E-state index contributed by atoms with van der Waals surface area (Å²) in [4.78, 5) is 0. The average Bonchev–Trinajstić information content (AvgIpc) is 3.18. The molecule has 7 atom stereocenters. The maximum atomic E-state index is 11.3. The summed E-state index contributed by atoms with van der Waals surface area (Å²) in [6, 6.07) is 4.00. The molecule has 0 spiro atoms. The largest absolute Gasteiger partial charge is 0.462 e.